The van der Waals surface area contributed by atoms with Crippen molar-refractivity contribution in [1.29, 1.82) is 0 Å². The van der Waals surface area contributed by atoms with Gasteiger partial charge in [0.25, 0.3) is 0 Å². The lowest BCUT2D eigenvalue weighted by molar-refractivity contribution is -0.126. The number of likely N-dealkylation sites (tertiary alicyclic amines) is 1. The van der Waals surface area contributed by atoms with Crippen LogP contribution in [-0.2, 0) is 11.2 Å². The monoisotopic (exact) mass is 430 g/mol. The van der Waals surface area contributed by atoms with Crippen LogP contribution in [0.25, 0.3) is 10.2 Å². The van der Waals surface area contributed by atoms with Gasteiger partial charge in [-0.15, -0.1) is 11.3 Å². The number of piperidine rings is 1. The van der Waals surface area contributed by atoms with Gasteiger partial charge in [0, 0.05) is 24.0 Å². The third-order valence-electron chi connectivity index (χ3n) is 4.42. The van der Waals surface area contributed by atoms with Gasteiger partial charge >= 0.3 is 12.3 Å². The van der Waals surface area contributed by atoms with Crippen LogP contribution in [0.4, 0.5) is 23.8 Å². The quantitative estimate of drug-likeness (QED) is 0.749. The molecular formula is C19H25F3N4O2S. The topological polar surface area (TPSA) is 67.4 Å². The van der Waals surface area contributed by atoms with Gasteiger partial charge in [0.1, 0.15) is 22.1 Å². The predicted octanol–water partition coefficient (Wildman–Crippen LogP) is 4.92. The van der Waals surface area contributed by atoms with Gasteiger partial charge in [0.15, 0.2) is 0 Å². The number of nitrogens with one attached hydrogen (secondary N) is 1. The lowest BCUT2D eigenvalue weighted by Crippen LogP contribution is -2.44. The Balaban J connectivity index is 1.68. The van der Waals surface area contributed by atoms with Crippen molar-refractivity contribution in [2.75, 3.05) is 18.4 Å². The first kappa shape index (κ1) is 21.6. The highest BCUT2D eigenvalue weighted by Crippen LogP contribution is 2.33. The molecule has 29 heavy (non-hydrogen) atoms. The summed E-state index contributed by atoms with van der Waals surface area (Å²) < 4.78 is 43.6. The lowest BCUT2D eigenvalue weighted by atomic mass is 10.1. The van der Waals surface area contributed by atoms with Gasteiger partial charge in [0.2, 0.25) is 0 Å². The number of aryl methyl sites for hydroxylation is 1. The largest absolute Gasteiger partial charge is 0.444 e. The number of ether oxygens (including phenoxy) is 1. The Morgan fingerprint density at radius 1 is 1.28 bits per heavy atom. The molecule has 1 fully saturated rings. The van der Waals surface area contributed by atoms with E-state index in [4.69, 9.17) is 4.74 Å². The summed E-state index contributed by atoms with van der Waals surface area (Å²) in [6, 6.07) is 1.59. The number of halogens is 3. The Bertz CT molecular complexity index is 884. The molecule has 0 spiro atoms. The van der Waals surface area contributed by atoms with E-state index in [1.165, 1.54) is 6.07 Å². The van der Waals surface area contributed by atoms with Gasteiger partial charge in [-0.2, -0.15) is 13.2 Å². The summed E-state index contributed by atoms with van der Waals surface area (Å²) in [4.78, 5) is 23.3. The summed E-state index contributed by atoms with van der Waals surface area (Å²) in [5.41, 5.74) is -0.538. The molecule has 0 unspecified atom stereocenters. The molecule has 0 saturated carbocycles. The van der Waals surface area contributed by atoms with Crippen LogP contribution in [0.15, 0.2) is 6.07 Å². The van der Waals surface area contributed by atoms with E-state index in [-0.39, 0.29) is 17.0 Å². The van der Waals surface area contributed by atoms with E-state index >= 15 is 0 Å². The zero-order valence-corrected chi connectivity index (χ0v) is 17.7. The van der Waals surface area contributed by atoms with E-state index in [0.29, 0.717) is 47.8 Å². The highest BCUT2D eigenvalue weighted by molar-refractivity contribution is 7.18. The number of anilines is 1. The molecule has 0 atom stereocenters. The average molecular weight is 430 g/mol. The molecule has 3 rings (SSSR count). The normalized spacial score (nSPS) is 16.3. The molecule has 3 heterocycles. The van der Waals surface area contributed by atoms with Crippen LogP contribution in [0.1, 0.15) is 44.3 Å². The van der Waals surface area contributed by atoms with E-state index in [2.05, 4.69) is 15.3 Å². The second kappa shape index (κ2) is 7.97. The van der Waals surface area contributed by atoms with E-state index in [1.54, 1.807) is 11.8 Å². The molecule has 0 bridgehead atoms. The van der Waals surface area contributed by atoms with Gasteiger partial charge in [-0.25, -0.2) is 14.8 Å². The Kier molecular flexibility index (Phi) is 5.93. The smallest absolute Gasteiger partial charge is 0.410 e. The summed E-state index contributed by atoms with van der Waals surface area (Å²) >= 11 is 1.04. The van der Waals surface area contributed by atoms with E-state index in [1.807, 2.05) is 20.8 Å². The molecule has 2 aromatic rings. The van der Waals surface area contributed by atoms with Crippen molar-refractivity contribution < 1.29 is 22.7 Å². The van der Waals surface area contributed by atoms with Gasteiger partial charge in [-0.1, -0.05) is 0 Å². The van der Waals surface area contributed by atoms with Crippen molar-refractivity contribution in [3.63, 3.8) is 0 Å². The molecule has 6 nitrogen and oxygen atoms in total. The third kappa shape index (κ3) is 5.94. The number of amides is 1. The molecule has 160 valence electrons. The molecule has 1 N–H and O–H groups in total. The van der Waals surface area contributed by atoms with Crippen molar-refractivity contribution in [3.8, 4) is 0 Å². The number of thiophene rings is 1. The van der Waals surface area contributed by atoms with Crippen molar-refractivity contribution in [2.45, 2.75) is 64.8 Å². The zero-order chi connectivity index (χ0) is 21.4. The van der Waals surface area contributed by atoms with E-state index in [0.717, 1.165) is 11.3 Å². The number of carbonyl (C=O) groups excluding carboxylic acids is 1. The third-order valence-corrected chi connectivity index (χ3v) is 5.45. The van der Waals surface area contributed by atoms with Gasteiger partial charge < -0.3 is 15.0 Å². The minimum Gasteiger partial charge on any atom is -0.444 e. The number of alkyl halides is 3. The second-order valence-electron chi connectivity index (χ2n) is 8.23. The molecule has 2 aromatic heterocycles. The molecule has 1 aliphatic heterocycles. The highest BCUT2D eigenvalue weighted by Gasteiger charge is 2.30. The van der Waals surface area contributed by atoms with Crippen molar-refractivity contribution in [2.24, 2.45) is 0 Å². The first-order chi connectivity index (χ1) is 13.4. The SMILES string of the molecule is Cc1nc(NC2CCN(C(=O)OC(C)(C)C)CC2)c2cc(CC(F)(F)F)sc2n1. The summed E-state index contributed by atoms with van der Waals surface area (Å²) in [5.74, 6) is 1.06. The van der Waals surface area contributed by atoms with Crippen LogP contribution in [0.3, 0.4) is 0 Å². The maximum Gasteiger partial charge on any atom is 0.410 e. The maximum atomic E-state index is 12.7. The van der Waals surface area contributed by atoms with Crippen LogP contribution in [0.2, 0.25) is 0 Å². The summed E-state index contributed by atoms with van der Waals surface area (Å²) in [6.45, 7) is 8.30. The number of rotatable bonds is 3. The standard InChI is InChI=1S/C19H25F3N4O2S/c1-11-23-15(14-9-13(10-19(20,21)22)29-16(14)24-11)25-12-5-7-26(8-6-12)17(27)28-18(2,3)4/h9,12H,5-8,10H2,1-4H3,(H,23,24,25). The lowest BCUT2D eigenvalue weighted by Gasteiger charge is -2.34. The van der Waals surface area contributed by atoms with Crippen LogP contribution in [0, 0.1) is 6.92 Å². The maximum absolute atomic E-state index is 12.7. The first-order valence-corrected chi connectivity index (χ1v) is 10.3. The zero-order valence-electron chi connectivity index (χ0n) is 16.9. The molecule has 0 aromatic carbocycles. The second-order valence-corrected chi connectivity index (χ2v) is 9.34. The number of aromatic nitrogens is 2. The fraction of sp³-hybridized carbons (Fsp3) is 0.632. The minimum absolute atomic E-state index is 0.0668. The summed E-state index contributed by atoms with van der Waals surface area (Å²) in [5, 5.41) is 3.95. The molecule has 1 amide bonds. The Labute approximate surface area is 171 Å². The fourth-order valence-electron chi connectivity index (χ4n) is 3.20. The number of hydrogen-bond donors (Lipinski definition) is 1. The fourth-order valence-corrected chi connectivity index (χ4v) is 4.30. The number of carbonyl (C=O) groups is 1. The van der Waals surface area contributed by atoms with E-state index in [9.17, 15) is 18.0 Å². The van der Waals surface area contributed by atoms with Crippen LogP contribution in [0.5, 0.6) is 0 Å². The molecular weight excluding hydrogens is 405 g/mol. The molecule has 0 aliphatic carbocycles. The Morgan fingerprint density at radius 2 is 1.93 bits per heavy atom. The first-order valence-electron chi connectivity index (χ1n) is 9.48. The molecule has 1 saturated heterocycles. The Morgan fingerprint density at radius 3 is 2.52 bits per heavy atom. The summed E-state index contributed by atoms with van der Waals surface area (Å²) in [7, 11) is 0. The van der Waals surface area contributed by atoms with Gasteiger partial charge in [-0.05, 0) is 46.6 Å². The molecule has 0 radical (unpaired) electrons. The van der Waals surface area contributed by atoms with Crippen LogP contribution in [-0.4, -0.2) is 51.9 Å². The van der Waals surface area contributed by atoms with Crippen LogP contribution < -0.4 is 5.32 Å². The summed E-state index contributed by atoms with van der Waals surface area (Å²) in [6.07, 6.45) is -4.16. The Hall–Kier alpha value is -2.10. The van der Waals surface area contributed by atoms with Gasteiger partial charge in [-0.3, -0.25) is 0 Å². The molecule has 10 heteroatoms. The highest BCUT2D eigenvalue weighted by atomic mass is 32.1. The van der Waals surface area contributed by atoms with Crippen molar-refractivity contribution in [1.82, 2.24) is 14.9 Å². The number of nitrogens with zero attached hydrogens (tertiary/aromatic N) is 3. The average Bonchev–Trinajstić information content (AvgIpc) is 2.94. The van der Waals surface area contributed by atoms with Gasteiger partial charge in [0.05, 0.1) is 11.8 Å². The predicted molar refractivity (Wildman–Crippen MR) is 106 cm³/mol. The van der Waals surface area contributed by atoms with Crippen molar-refractivity contribution in [3.05, 3.63) is 16.8 Å². The number of fused-ring (bicyclic) bond motifs is 1. The minimum atomic E-state index is -4.26. The van der Waals surface area contributed by atoms with E-state index < -0.39 is 18.2 Å². The number of hydrogen-bond acceptors (Lipinski definition) is 6. The molecule has 1 aliphatic rings. The van der Waals surface area contributed by atoms with Crippen molar-refractivity contribution >= 4 is 33.5 Å². The van der Waals surface area contributed by atoms with Crippen LogP contribution >= 0.6 is 11.3 Å².